The molecule has 8 heteroatoms. The number of aromatic nitrogens is 1. The normalized spacial score (nSPS) is 16.4. The van der Waals surface area contributed by atoms with Gasteiger partial charge >= 0.3 is 0 Å². The first-order valence-electron chi connectivity index (χ1n) is 8.68. The van der Waals surface area contributed by atoms with Crippen molar-refractivity contribution in [3.63, 3.8) is 0 Å². The van der Waals surface area contributed by atoms with Gasteiger partial charge in [0.1, 0.15) is 9.73 Å². The van der Waals surface area contributed by atoms with Crippen LogP contribution >= 0.6 is 11.3 Å². The lowest BCUT2D eigenvalue weighted by Crippen LogP contribution is -2.38. The third-order valence-electron chi connectivity index (χ3n) is 4.71. The minimum Gasteiger partial charge on any atom is -0.423 e. The second-order valence-corrected chi connectivity index (χ2v) is 9.89. The van der Waals surface area contributed by atoms with Crippen molar-refractivity contribution in [3.05, 3.63) is 41.3 Å². The number of hydrogen-bond donors (Lipinski definition) is 1. The fraction of sp³-hybridized carbons (Fsp3) is 0.389. The van der Waals surface area contributed by atoms with Crippen LogP contribution in [0.15, 0.2) is 45.0 Å². The van der Waals surface area contributed by atoms with Crippen molar-refractivity contribution in [3.8, 4) is 0 Å². The Kier molecular flexibility index (Phi) is 4.73. The van der Waals surface area contributed by atoms with E-state index in [1.807, 2.05) is 37.3 Å². The van der Waals surface area contributed by atoms with Gasteiger partial charge in [-0.15, -0.1) is 11.3 Å². The van der Waals surface area contributed by atoms with Gasteiger partial charge in [0.05, 0.1) is 0 Å². The Balaban J connectivity index is 1.33. The van der Waals surface area contributed by atoms with Crippen molar-refractivity contribution in [2.45, 2.75) is 24.0 Å². The third-order valence-corrected chi connectivity index (χ3v) is 7.63. The largest absolute Gasteiger partial charge is 0.423 e. The summed E-state index contributed by atoms with van der Waals surface area (Å²) in [5.41, 5.74) is 1.66. The van der Waals surface area contributed by atoms with E-state index in [0.29, 0.717) is 22.7 Å². The van der Waals surface area contributed by atoms with Crippen molar-refractivity contribution < 1.29 is 12.8 Å². The first kappa shape index (κ1) is 17.5. The molecule has 0 saturated carbocycles. The van der Waals surface area contributed by atoms with E-state index < -0.39 is 10.0 Å². The summed E-state index contributed by atoms with van der Waals surface area (Å²) in [5.74, 6) is 0.325. The topological polar surface area (TPSA) is 75.4 Å². The van der Waals surface area contributed by atoms with Crippen molar-refractivity contribution in [1.29, 1.82) is 0 Å². The van der Waals surface area contributed by atoms with Crippen molar-refractivity contribution in [2.24, 2.45) is 5.92 Å². The summed E-state index contributed by atoms with van der Waals surface area (Å²) in [5, 5.41) is 0. The SMILES string of the molecule is Cc1ccc(S(=O)(=O)NCC2CCN(c3nc4ccccc4o3)CC2)s1. The van der Waals surface area contributed by atoms with Gasteiger partial charge in [0, 0.05) is 24.5 Å². The van der Waals surface area contributed by atoms with E-state index in [1.54, 1.807) is 6.07 Å². The molecule has 3 heterocycles. The van der Waals surface area contributed by atoms with E-state index in [2.05, 4.69) is 14.6 Å². The second kappa shape index (κ2) is 7.02. The highest BCUT2D eigenvalue weighted by Crippen LogP contribution is 2.26. The predicted molar refractivity (Wildman–Crippen MR) is 103 cm³/mol. The molecule has 1 N–H and O–H groups in total. The maximum atomic E-state index is 12.3. The van der Waals surface area contributed by atoms with Crippen LogP contribution in [0.1, 0.15) is 17.7 Å². The minimum absolute atomic E-state index is 0.325. The lowest BCUT2D eigenvalue weighted by Gasteiger charge is -2.30. The number of para-hydroxylation sites is 2. The predicted octanol–water partition coefficient (Wildman–Crippen LogP) is 3.39. The van der Waals surface area contributed by atoms with E-state index in [-0.39, 0.29) is 0 Å². The maximum Gasteiger partial charge on any atom is 0.298 e. The summed E-state index contributed by atoms with van der Waals surface area (Å²) < 4.78 is 33.6. The van der Waals surface area contributed by atoms with Crippen LogP contribution in [0.2, 0.25) is 0 Å². The van der Waals surface area contributed by atoms with Gasteiger partial charge in [-0.25, -0.2) is 13.1 Å². The van der Waals surface area contributed by atoms with E-state index in [4.69, 9.17) is 4.42 Å². The Morgan fingerprint density at radius 3 is 2.69 bits per heavy atom. The Bertz CT molecular complexity index is 969. The average Bonchev–Trinajstić information content (AvgIpc) is 3.27. The van der Waals surface area contributed by atoms with Crippen LogP contribution in [0.3, 0.4) is 0 Å². The fourth-order valence-corrected chi connectivity index (χ4v) is 5.62. The lowest BCUT2D eigenvalue weighted by molar-refractivity contribution is 0.387. The van der Waals surface area contributed by atoms with E-state index in [1.165, 1.54) is 11.3 Å². The summed E-state index contributed by atoms with van der Waals surface area (Å²) in [7, 11) is -3.40. The van der Waals surface area contributed by atoms with Gasteiger partial charge < -0.3 is 9.32 Å². The van der Waals surface area contributed by atoms with E-state index >= 15 is 0 Å². The van der Waals surface area contributed by atoms with Crippen LogP contribution in [-0.4, -0.2) is 33.0 Å². The molecule has 1 aliphatic rings. The number of anilines is 1. The van der Waals surface area contributed by atoms with E-state index in [0.717, 1.165) is 41.9 Å². The highest BCUT2D eigenvalue weighted by Gasteiger charge is 2.24. The van der Waals surface area contributed by atoms with Gasteiger partial charge in [-0.1, -0.05) is 12.1 Å². The summed E-state index contributed by atoms with van der Waals surface area (Å²) in [6.45, 7) is 4.01. The number of aryl methyl sites for hydroxylation is 1. The molecule has 0 atom stereocenters. The van der Waals surface area contributed by atoms with Crippen LogP contribution < -0.4 is 9.62 Å². The highest BCUT2D eigenvalue weighted by atomic mass is 32.2. The zero-order chi connectivity index (χ0) is 18.1. The summed E-state index contributed by atoms with van der Waals surface area (Å²) >= 11 is 1.30. The Hall–Kier alpha value is -1.90. The Morgan fingerprint density at radius 1 is 1.23 bits per heavy atom. The molecule has 0 aliphatic carbocycles. The molecule has 0 bridgehead atoms. The fourth-order valence-electron chi connectivity index (χ4n) is 3.18. The number of fused-ring (bicyclic) bond motifs is 1. The lowest BCUT2D eigenvalue weighted by atomic mass is 9.97. The summed E-state index contributed by atoms with van der Waals surface area (Å²) in [4.78, 5) is 7.67. The van der Waals surface area contributed by atoms with Crippen molar-refractivity contribution in [1.82, 2.24) is 9.71 Å². The monoisotopic (exact) mass is 391 g/mol. The average molecular weight is 392 g/mol. The van der Waals surface area contributed by atoms with Crippen LogP contribution in [0.4, 0.5) is 6.01 Å². The summed E-state index contributed by atoms with van der Waals surface area (Å²) in [6, 6.07) is 11.9. The molecule has 2 aromatic heterocycles. The van der Waals surface area contributed by atoms with Gasteiger partial charge in [-0.05, 0) is 49.9 Å². The molecule has 1 aliphatic heterocycles. The molecular formula is C18H21N3O3S2. The quantitative estimate of drug-likeness (QED) is 0.721. The first-order valence-corrected chi connectivity index (χ1v) is 11.0. The second-order valence-electron chi connectivity index (χ2n) is 6.61. The number of oxazole rings is 1. The molecule has 0 spiro atoms. The van der Waals surface area contributed by atoms with Gasteiger partial charge in [-0.3, -0.25) is 0 Å². The first-order chi connectivity index (χ1) is 12.5. The summed E-state index contributed by atoms with van der Waals surface area (Å²) in [6.07, 6.45) is 1.81. The molecule has 1 saturated heterocycles. The van der Waals surface area contributed by atoms with Gasteiger partial charge in [0.25, 0.3) is 6.01 Å². The zero-order valence-electron chi connectivity index (χ0n) is 14.5. The standard InChI is InChI=1S/C18H21N3O3S2/c1-13-6-7-17(25-13)26(22,23)19-12-14-8-10-21(11-9-14)18-20-15-4-2-3-5-16(15)24-18/h2-7,14,19H,8-12H2,1H3. The Morgan fingerprint density at radius 2 is 2.00 bits per heavy atom. The number of sulfonamides is 1. The van der Waals surface area contributed by atoms with E-state index in [9.17, 15) is 8.42 Å². The van der Waals surface area contributed by atoms with Crippen molar-refractivity contribution >= 4 is 38.5 Å². The molecule has 1 aromatic carbocycles. The van der Waals surface area contributed by atoms with Gasteiger partial charge in [0.15, 0.2) is 5.58 Å². The number of rotatable bonds is 5. The van der Waals surface area contributed by atoms with Gasteiger partial charge in [0.2, 0.25) is 10.0 Å². The molecular weight excluding hydrogens is 370 g/mol. The Labute approximate surface area is 156 Å². The smallest absolute Gasteiger partial charge is 0.298 e. The molecule has 138 valence electrons. The zero-order valence-corrected chi connectivity index (χ0v) is 16.1. The maximum absolute atomic E-state index is 12.3. The molecule has 4 rings (SSSR count). The number of benzene rings is 1. The molecule has 26 heavy (non-hydrogen) atoms. The number of nitrogens with one attached hydrogen (secondary N) is 1. The highest BCUT2D eigenvalue weighted by molar-refractivity contribution is 7.91. The third kappa shape index (κ3) is 3.62. The number of hydrogen-bond acceptors (Lipinski definition) is 6. The van der Waals surface area contributed by atoms with Crippen LogP contribution in [-0.2, 0) is 10.0 Å². The van der Waals surface area contributed by atoms with Crippen molar-refractivity contribution in [2.75, 3.05) is 24.5 Å². The molecule has 0 amide bonds. The molecule has 3 aromatic rings. The molecule has 1 fully saturated rings. The molecule has 0 unspecified atom stereocenters. The van der Waals surface area contributed by atoms with Crippen LogP contribution in [0, 0.1) is 12.8 Å². The van der Waals surface area contributed by atoms with Gasteiger partial charge in [-0.2, -0.15) is 4.98 Å². The van der Waals surface area contributed by atoms with Crippen LogP contribution in [0.25, 0.3) is 11.1 Å². The molecule has 6 nitrogen and oxygen atoms in total. The van der Waals surface area contributed by atoms with Crippen LogP contribution in [0.5, 0.6) is 0 Å². The minimum atomic E-state index is -3.40. The molecule has 0 radical (unpaired) electrons. The number of thiophene rings is 1. The number of nitrogens with zero attached hydrogens (tertiary/aromatic N) is 2. The number of piperidine rings is 1.